The molecule has 1 rings (SSSR count). The highest BCUT2D eigenvalue weighted by molar-refractivity contribution is 7.47. The number of allylic oxidation sites excluding steroid dienone is 4. The van der Waals surface area contributed by atoms with Crippen LogP contribution in [0.5, 0.6) is 0 Å². The zero-order valence-corrected chi connectivity index (χ0v) is 45.3. The molecule has 1 fully saturated rings. The first kappa shape index (κ1) is 67.8. The van der Waals surface area contributed by atoms with E-state index < -0.39 is 99.2 Å². The van der Waals surface area contributed by atoms with Gasteiger partial charge in [0.05, 0.1) is 6.61 Å². The second-order valence-corrected chi connectivity index (χ2v) is 22.9. The lowest BCUT2D eigenvalue weighted by molar-refractivity contribution is -0.209. The third-order valence-electron chi connectivity index (χ3n) is 11.5. The average Bonchev–Trinajstić information content (AvgIpc) is 3.27. The van der Waals surface area contributed by atoms with E-state index in [-0.39, 0.29) is 12.8 Å². The molecule has 0 radical (unpaired) electrons. The number of ether oxygens (including phenoxy) is 2. The largest absolute Gasteiger partial charge is 0.472 e. The highest BCUT2D eigenvalue weighted by atomic mass is 31.2. The molecule has 71 heavy (non-hydrogen) atoms. The van der Waals surface area contributed by atoms with Crippen LogP contribution in [0, 0.1) is 0 Å². The van der Waals surface area contributed by atoms with Crippen LogP contribution < -0.4 is 0 Å². The summed E-state index contributed by atoms with van der Waals surface area (Å²) in [5.41, 5.74) is 0. The van der Waals surface area contributed by atoms with Crippen molar-refractivity contribution < 1.29 is 104 Å². The Morgan fingerprint density at radius 3 is 1.15 bits per heavy atom. The lowest BCUT2D eigenvalue weighted by Gasteiger charge is -2.45. The van der Waals surface area contributed by atoms with Crippen LogP contribution in [0.15, 0.2) is 24.3 Å². The quantitative estimate of drug-likeness (QED) is 0.0119. The van der Waals surface area contributed by atoms with Gasteiger partial charge in [-0.1, -0.05) is 141 Å². The molecule has 0 aliphatic heterocycles. The SMILES string of the molecule is CCCCCCCC/C=C\CCCCCCCC(=O)OC[C@H](COP(=O)(O)OC1[C@@H](O)[C@H](OP(=O)(O)O)C(OP(=O)(O)O)[C@H](OP(=O)(O)O)[C@@H]1O)OC(=O)CCCCCCC/C=C\CCCCCCCC. The van der Waals surface area contributed by atoms with Gasteiger partial charge in [-0.15, -0.1) is 0 Å². The second kappa shape index (κ2) is 38.3. The number of carbonyl (C=O) groups excluding carboxylic acids is 2. The van der Waals surface area contributed by atoms with Crippen LogP contribution in [0.4, 0.5) is 0 Å². The van der Waals surface area contributed by atoms with Gasteiger partial charge in [-0.25, -0.2) is 18.3 Å². The van der Waals surface area contributed by atoms with Crippen LogP contribution in [-0.4, -0.2) is 112 Å². The molecule has 8 atom stereocenters. The molecule has 1 aliphatic carbocycles. The highest BCUT2D eigenvalue weighted by Crippen LogP contribution is 2.53. The van der Waals surface area contributed by atoms with Gasteiger partial charge < -0.3 is 53.9 Å². The Labute approximate surface area is 420 Å². The Morgan fingerprint density at radius 1 is 0.437 bits per heavy atom. The van der Waals surface area contributed by atoms with Gasteiger partial charge in [-0.05, 0) is 64.2 Å². The van der Waals surface area contributed by atoms with E-state index in [1.165, 1.54) is 77.0 Å². The maximum Gasteiger partial charge on any atom is 0.472 e. The molecule has 0 bridgehead atoms. The first-order valence-electron chi connectivity index (χ1n) is 25.4. The molecule has 9 N–H and O–H groups in total. The van der Waals surface area contributed by atoms with E-state index in [0.29, 0.717) is 19.3 Å². The number of hydrogen-bond donors (Lipinski definition) is 9. The van der Waals surface area contributed by atoms with Gasteiger partial charge in [0, 0.05) is 12.8 Å². The molecule has 0 aromatic carbocycles. The van der Waals surface area contributed by atoms with Gasteiger partial charge in [0.1, 0.15) is 43.2 Å². The Hall–Kier alpha value is -1.22. The topological polar surface area (TPSA) is 349 Å². The first-order valence-corrected chi connectivity index (χ1v) is 31.5. The van der Waals surface area contributed by atoms with Crippen LogP contribution in [0.25, 0.3) is 0 Å². The first-order chi connectivity index (χ1) is 33.5. The van der Waals surface area contributed by atoms with Crippen LogP contribution in [0.2, 0.25) is 0 Å². The van der Waals surface area contributed by atoms with Crippen LogP contribution >= 0.6 is 31.3 Å². The lowest BCUT2D eigenvalue weighted by Crippen LogP contribution is -2.65. The van der Waals surface area contributed by atoms with E-state index in [1.807, 2.05) is 0 Å². The molecule has 0 saturated heterocycles. The van der Waals surface area contributed by atoms with Gasteiger partial charge >= 0.3 is 43.2 Å². The van der Waals surface area contributed by atoms with Crippen LogP contribution in [0.3, 0.4) is 0 Å². The maximum atomic E-state index is 13.3. The molecule has 0 amide bonds. The number of aliphatic hydroxyl groups excluding tert-OH is 2. The Kier molecular flexibility index (Phi) is 36.6. The second-order valence-electron chi connectivity index (χ2n) is 18.0. The minimum atomic E-state index is -5.79. The Balaban J connectivity index is 2.89. The van der Waals surface area contributed by atoms with Crippen molar-refractivity contribution in [1.29, 1.82) is 0 Å². The molecular weight excluding hydrogens is 1020 g/mol. The number of esters is 2. The van der Waals surface area contributed by atoms with Crippen molar-refractivity contribution in [1.82, 2.24) is 0 Å². The summed E-state index contributed by atoms with van der Waals surface area (Å²) in [7, 11) is -23.0. The molecular formula is C45H86O22P4. The number of unbranched alkanes of at least 4 members (excludes halogenated alkanes) is 22. The molecule has 0 heterocycles. The summed E-state index contributed by atoms with van der Waals surface area (Å²) >= 11 is 0. The minimum Gasteiger partial charge on any atom is -0.462 e. The molecule has 22 nitrogen and oxygen atoms in total. The third kappa shape index (κ3) is 36.4. The molecule has 0 aromatic heterocycles. The minimum absolute atomic E-state index is 0.0239. The summed E-state index contributed by atoms with van der Waals surface area (Å²) < 4.78 is 82.2. The standard InChI is InChI=1S/C45H86O22P4/c1-3-5-7-9-11-13-15-17-19-21-23-25-27-29-31-33-38(46)61-35-37(63-39(47)34-32-30-28-26-24-22-20-18-16-14-12-10-8-6-4-2)36-62-71(59,60)67-42-40(48)43(64-68(50,51)52)45(66-70(56,57)58)44(41(42)49)65-69(53,54)55/h17-20,37,40-45,48-49H,3-16,21-36H2,1-2H3,(H,59,60)(H2,50,51,52)(H2,53,54,55)(H2,56,57,58)/b19-17-,20-18-/t37-,40-,41-,42?,43-,44+,45?/m1/s1. The van der Waals surface area contributed by atoms with Gasteiger partial charge in [0.15, 0.2) is 6.10 Å². The van der Waals surface area contributed by atoms with Crippen LogP contribution in [0.1, 0.15) is 194 Å². The van der Waals surface area contributed by atoms with E-state index in [9.17, 15) is 72.3 Å². The van der Waals surface area contributed by atoms with Crippen molar-refractivity contribution in [2.75, 3.05) is 13.2 Å². The van der Waals surface area contributed by atoms with Gasteiger partial charge in [-0.3, -0.25) is 32.2 Å². The summed E-state index contributed by atoms with van der Waals surface area (Å²) in [4.78, 5) is 92.9. The molecule has 0 spiro atoms. The van der Waals surface area contributed by atoms with Crippen molar-refractivity contribution in [2.24, 2.45) is 0 Å². The number of phosphoric acid groups is 4. The summed E-state index contributed by atoms with van der Waals surface area (Å²) in [6.07, 6.45) is 18.1. The zero-order valence-electron chi connectivity index (χ0n) is 41.7. The van der Waals surface area contributed by atoms with Crippen molar-refractivity contribution in [3.8, 4) is 0 Å². The molecule has 1 saturated carbocycles. The zero-order chi connectivity index (χ0) is 53.2. The smallest absolute Gasteiger partial charge is 0.462 e. The highest BCUT2D eigenvalue weighted by Gasteiger charge is 2.59. The number of hydrogen-bond acceptors (Lipinski definition) is 15. The fraction of sp³-hybridized carbons (Fsp3) is 0.867. The van der Waals surface area contributed by atoms with Crippen molar-refractivity contribution in [3.63, 3.8) is 0 Å². The van der Waals surface area contributed by atoms with Crippen molar-refractivity contribution in [2.45, 2.75) is 236 Å². The molecule has 3 unspecified atom stereocenters. The summed E-state index contributed by atoms with van der Waals surface area (Å²) in [5.74, 6) is -1.42. The monoisotopic (exact) mass is 1100 g/mol. The van der Waals surface area contributed by atoms with Crippen molar-refractivity contribution in [3.05, 3.63) is 24.3 Å². The molecule has 26 heteroatoms. The van der Waals surface area contributed by atoms with E-state index >= 15 is 0 Å². The van der Waals surface area contributed by atoms with Crippen molar-refractivity contribution >= 4 is 43.2 Å². The predicted octanol–water partition coefficient (Wildman–Crippen LogP) is 9.19. The number of phosphoric ester groups is 4. The fourth-order valence-corrected chi connectivity index (χ4v) is 10.4. The number of rotatable bonds is 44. The molecule has 418 valence electrons. The Morgan fingerprint density at radius 2 is 0.775 bits per heavy atom. The van der Waals surface area contributed by atoms with E-state index in [4.69, 9.17) is 18.5 Å². The van der Waals surface area contributed by atoms with E-state index in [2.05, 4.69) is 51.7 Å². The molecule has 0 aromatic rings. The van der Waals surface area contributed by atoms with E-state index in [1.54, 1.807) is 0 Å². The van der Waals surface area contributed by atoms with Crippen LogP contribution in [-0.2, 0) is 59.9 Å². The summed E-state index contributed by atoms with van der Waals surface area (Å²) in [5, 5.41) is 21.9. The number of carbonyl (C=O) groups is 2. The maximum absolute atomic E-state index is 13.3. The van der Waals surface area contributed by atoms with Gasteiger partial charge in [-0.2, -0.15) is 0 Å². The average molecular weight is 1100 g/mol. The third-order valence-corrected chi connectivity index (χ3v) is 14.0. The number of aliphatic hydroxyl groups is 2. The predicted molar refractivity (Wildman–Crippen MR) is 263 cm³/mol. The lowest BCUT2D eigenvalue weighted by atomic mass is 9.85. The van der Waals surface area contributed by atoms with Gasteiger partial charge in [0.2, 0.25) is 0 Å². The summed E-state index contributed by atoms with van der Waals surface area (Å²) in [6, 6.07) is 0. The Bertz CT molecular complexity index is 1650. The normalized spacial score (nSPS) is 21.5. The van der Waals surface area contributed by atoms with Gasteiger partial charge in [0.25, 0.3) is 0 Å². The fourth-order valence-electron chi connectivity index (χ4n) is 7.78. The molecule has 1 aliphatic rings. The summed E-state index contributed by atoms with van der Waals surface area (Å²) in [6.45, 7) is 2.74. The van der Waals surface area contributed by atoms with E-state index in [0.717, 1.165) is 70.6 Å².